The summed E-state index contributed by atoms with van der Waals surface area (Å²) in [5.41, 5.74) is -2.87. The van der Waals surface area contributed by atoms with Crippen molar-refractivity contribution >= 4 is 41.6 Å². The zero-order chi connectivity index (χ0) is 31.5. The largest absolute Gasteiger partial charge is 0.504 e. The average Bonchev–Trinajstić information content (AvgIpc) is 2.96. The number of aromatic hydroxyl groups is 4. The number of allylic oxidation sites excluding steroid dienone is 8. The summed E-state index contributed by atoms with van der Waals surface area (Å²) in [7, 11) is 0. The van der Waals surface area contributed by atoms with Crippen LogP contribution >= 0.6 is 0 Å². The fourth-order valence-corrected chi connectivity index (χ4v) is 4.57. The molecule has 0 spiro atoms. The number of carbonyl (C=O) groups excluding carboxylic acids is 3. The Kier molecular flexibility index (Phi) is 8.14. The molecular weight excluding hydrogens is 562 g/mol. The second-order valence-electron chi connectivity index (χ2n) is 9.36. The van der Waals surface area contributed by atoms with E-state index in [4.69, 9.17) is 0 Å². The SMILES string of the molecule is O=C(O)CC(=O)C1=C2C(=CC=CC2(C(=O)C=Cc2ccc(O)c(O)c2)C(=O)C=Cc2ccc(O)c(O)c2)N(C(=O)O)C=C1. The van der Waals surface area contributed by atoms with Crippen LogP contribution in [0.2, 0.25) is 0 Å². The Morgan fingerprint density at radius 2 is 1.30 bits per heavy atom. The van der Waals surface area contributed by atoms with Gasteiger partial charge >= 0.3 is 12.1 Å². The van der Waals surface area contributed by atoms with Crippen LogP contribution < -0.4 is 0 Å². The van der Waals surface area contributed by atoms with Gasteiger partial charge in [0.2, 0.25) is 0 Å². The number of phenolic OH excluding ortho intramolecular Hbond substituents is 4. The van der Waals surface area contributed by atoms with Crippen LogP contribution in [0.15, 0.2) is 95.9 Å². The lowest BCUT2D eigenvalue weighted by atomic mass is 9.66. The molecule has 12 nitrogen and oxygen atoms in total. The Hall–Kier alpha value is -6.17. The van der Waals surface area contributed by atoms with Gasteiger partial charge in [-0.2, -0.15) is 0 Å². The Morgan fingerprint density at radius 1 is 0.767 bits per heavy atom. The quantitative estimate of drug-likeness (QED) is 0.142. The van der Waals surface area contributed by atoms with E-state index in [-0.39, 0.29) is 28.0 Å². The molecule has 0 saturated heterocycles. The van der Waals surface area contributed by atoms with Gasteiger partial charge in [0, 0.05) is 17.3 Å². The Labute approximate surface area is 243 Å². The summed E-state index contributed by atoms with van der Waals surface area (Å²) < 4.78 is 0. The summed E-state index contributed by atoms with van der Waals surface area (Å²) in [5, 5.41) is 57.9. The van der Waals surface area contributed by atoms with E-state index >= 15 is 0 Å². The molecule has 4 rings (SSSR count). The molecule has 12 heteroatoms. The van der Waals surface area contributed by atoms with Crippen LogP contribution in [0.5, 0.6) is 23.0 Å². The third kappa shape index (κ3) is 5.84. The molecule has 0 saturated carbocycles. The van der Waals surface area contributed by atoms with Crippen LogP contribution in [0.4, 0.5) is 4.79 Å². The topological polar surface area (TPSA) is 210 Å². The van der Waals surface area contributed by atoms with Gasteiger partial charge in [-0.15, -0.1) is 0 Å². The van der Waals surface area contributed by atoms with Crippen molar-refractivity contribution in [1.29, 1.82) is 0 Å². The number of amides is 1. The van der Waals surface area contributed by atoms with Crippen molar-refractivity contribution in [2.75, 3.05) is 0 Å². The van der Waals surface area contributed by atoms with Crippen LogP contribution in [0.3, 0.4) is 0 Å². The van der Waals surface area contributed by atoms with Crippen molar-refractivity contribution < 1.29 is 54.6 Å². The normalized spacial score (nSPS) is 17.7. The first-order chi connectivity index (χ1) is 20.3. The van der Waals surface area contributed by atoms with Crippen molar-refractivity contribution in [1.82, 2.24) is 4.90 Å². The maximum Gasteiger partial charge on any atom is 0.415 e. The molecule has 0 aromatic heterocycles. The third-order valence-electron chi connectivity index (χ3n) is 6.62. The highest BCUT2D eigenvalue weighted by molar-refractivity contribution is 6.24. The Bertz CT molecular complexity index is 1680. The molecule has 0 atom stereocenters. The molecule has 6 N–H and O–H groups in total. The summed E-state index contributed by atoms with van der Waals surface area (Å²) in [5.74, 6) is -6.20. The van der Waals surface area contributed by atoms with Crippen molar-refractivity contribution in [3.63, 3.8) is 0 Å². The van der Waals surface area contributed by atoms with Crippen LogP contribution in [0.1, 0.15) is 17.5 Å². The number of Topliss-reactive ketones (excluding diaryl/α,β-unsaturated/α-hetero) is 1. The number of nitrogens with zero attached hydrogens (tertiary/aromatic N) is 1. The van der Waals surface area contributed by atoms with E-state index in [1.807, 2.05) is 0 Å². The number of phenols is 4. The molecule has 2 aromatic rings. The number of carboxylic acid groups (broad SMARTS) is 2. The van der Waals surface area contributed by atoms with Gasteiger partial charge in [0.25, 0.3) is 0 Å². The summed E-state index contributed by atoms with van der Waals surface area (Å²) in [6, 6.07) is 7.35. The molecule has 0 unspecified atom stereocenters. The number of carboxylic acids is 1. The Balaban J connectivity index is 1.94. The first-order valence-electron chi connectivity index (χ1n) is 12.4. The van der Waals surface area contributed by atoms with Crippen LogP contribution in [0.25, 0.3) is 12.2 Å². The fraction of sp³-hybridized carbons (Fsp3) is 0.0645. The van der Waals surface area contributed by atoms with E-state index in [1.165, 1.54) is 48.6 Å². The number of aliphatic carboxylic acids is 1. The minimum Gasteiger partial charge on any atom is -0.504 e. The lowest BCUT2D eigenvalue weighted by Crippen LogP contribution is -2.44. The van der Waals surface area contributed by atoms with E-state index in [9.17, 15) is 54.6 Å². The van der Waals surface area contributed by atoms with E-state index < -0.39 is 64.2 Å². The second-order valence-corrected chi connectivity index (χ2v) is 9.36. The first-order valence-corrected chi connectivity index (χ1v) is 12.4. The Morgan fingerprint density at radius 3 is 1.77 bits per heavy atom. The first kappa shape index (κ1) is 29.8. The number of benzene rings is 2. The molecule has 0 radical (unpaired) electrons. The molecule has 1 aliphatic heterocycles. The number of carbonyl (C=O) groups is 5. The number of fused-ring (bicyclic) bond motifs is 1. The second kappa shape index (κ2) is 11.7. The van der Waals surface area contributed by atoms with E-state index in [0.29, 0.717) is 4.90 Å². The van der Waals surface area contributed by atoms with Crippen LogP contribution in [0, 0.1) is 5.41 Å². The van der Waals surface area contributed by atoms with Gasteiger partial charge in [-0.3, -0.25) is 24.1 Å². The van der Waals surface area contributed by atoms with Gasteiger partial charge in [0.05, 0.1) is 5.70 Å². The van der Waals surface area contributed by atoms with Crippen molar-refractivity contribution in [3.8, 4) is 23.0 Å². The summed E-state index contributed by atoms with van der Waals surface area (Å²) in [4.78, 5) is 65.4. The zero-order valence-electron chi connectivity index (χ0n) is 22.0. The highest BCUT2D eigenvalue weighted by Gasteiger charge is 2.50. The van der Waals surface area contributed by atoms with Gasteiger partial charge in [-0.25, -0.2) is 4.79 Å². The fourth-order valence-electron chi connectivity index (χ4n) is 4.57. The average molecular weight is 586 g/mol. The number of rotatable bonds is 9. The van der Waals surface area contributed by atoms with Gasteiger partial charge < -0.3 is 30.6 Å². The third-order valence-corrected chi connectivity index (χ3v) is 6.62. The molecule has 2 aliphatic rings. The molecule has 2 aromatic carbocycles. The molecule has 1 aliphatic carbocycles. The summed E-state index contributed by atoms with van der Waals surface area (Å²) in [6.07, 6.45) is 7.51. The molecule has 1 heterocycles. The smallest absolute Gasteiger partial charge is 0.415 e. The maximum absolute atomic E-state index is 14.1. The maximum atomic E-state index is 14.1. The van der Waals surface area contributed by atoms with E-state index in [0.717, 1.165) is 42.6 Å². The standard InChI is InChI=1S/C31H23NO11/c33-21-7-3-17(14-24(21)36)5-9-26(38)31(27(39)10-6-18-4-8-22(34)25(37)15-18)12-1-2-20-29(31)19(23(35)16-28(40)41)11-13-32(20)30(42)43/h1-15,33-34,36-37H,16H2,(H,40,41)(H,42,43). The van der Waals surface area contributed by atoms with E-state index in [1.54, 1.807) is 0 Å². The van der Waals surface area contributed by atoms with Gasteiger partial charge in [-0.05, 0) is 59.7 Å². The number of hydrogen-bond acceptors (Lipinski definition) is 9. The number of hydrogen-bond donors (Lipinski definition) is 6. The van der Waals surface area contributed by atoms with Crippen molar-refractivity contribution in [3.05, 3.63) is 107 Å². The highest BCUT2D eigenvalue weighted by atomic mass is 16.4. The monoisotopic (exact) mass is 585 g/mol. The highest BCUT2D eigenvalue weighted by Crippen LogP contribution is 2.46. The number of ketones is 3. The molecule has 0 bridgehead atoms. The lowest BCUT2D eigenvalue weighted by Gasteiger charge is -2.38. The molecule has 0 fully saturated rings. The van der Waals surface area contributed by atoms with Crippen LogP contribution in [-0.4, -0.2) is 65.0 Å². The van der Waals surface area contributed by atoms with Crippen molar-refractivity contribution in [2.45, 2.75) is 6.42 Å². The van der Waals surface area contributed by atoms with Crippen LogP contribution in [-0.2, 0) is 19.2 Å². The lowest BCUT2D eigenvalue weighted by molar-refractivity contribution is -0.139. The molecule has 43 heavy (non-hydrogen) atoms. The summed E-state index contributed by atoms with van der Waals surface area (Å²) in [6.45, 7) is 0. The predicted molar refractivity (Wildman–Crippen MR) is 151 cm³/mol. The summed E-state index contributed by atoms with van der Waals surface area (Å²) >= 11 is 0. The molecular formula is C31H23NO11. The van der Waals surface area contributed by atoms with Gasteiger partial charge in [0.1, 0.15) is 11.8 Å². The predicted octanol–water partition coefficient (Wildman–Crippen LogP) is 3.66. The zero-order valence-corrected chi connectivity index (χ0v) is 22.0. The van der Waals surface area contributed by atoms with Gasteiger partial charge in [-0.1, -0.05) is 36.4 Å². The van der Waals surface area contributed by atoms with Gasteiger partial charge in [0.15, 0.2) is 40.3 Å². The molecule has 1 amide bonds. The minimum absolute atomic E-state index is 0.237. The minimum atomic E-state index is -2.38. The van der Waals surface area contributed by atoms with Crippen molar-refractivity contribution in [2.24, 2.45) is 5.41 Å². The van der Waals surface area contributed by atoms with E-state index in [2.05, 4.69) is 0 Å². The molecule has 218 valence electrons.